The summed E-state index contributed by atoms with van der Waals surface area (Å²) in [5, 5.41) is 8.80. The van der Waals surface area contributed by atoms with Crippen LogP contribution in [0.1, 0.15) is 31.9 Å². The van der Waals surface area contributed by atoms with E-state index in [-0.39, 0.29) is 19.5 Å². The molecule has 0 amide bonds. The SMILES string of the molecule is C[C@@H]1CCCN(S(=O)(=O)N(CCC#N)Cc2ccccn2)C1. The van der Waals surface area contributed by atoms with Crippen LogP contribution in [0.15, 0.2) is 24.4 Å². The van der Waals surface area contributed by atoms with E-state index in [0.29, 0.717) is 24.7 Å². The molecule has 0 aliphatic carbocycles. The average molecular weight is 322 g/mol. The summed E-state index contributed by atoms with van der Waals surface area (Å²) in [5.41, 5.74) is 0.689. The molecule has 0 unspecified atom stereocenters. The molecule has 1 saturated heterocycles. The van der Waals surface area contributed by atoms with Crippen molar-refractivity contribution < 1.29 is 8.42 Å². The molecule has 22 heavy (non-hydrogen) atoms. The van der Waals surface area contributed by atoms with Crippen molar-refractivity contribution in [2.75, 3.05) is 19.6 Å². The minimum Gasteiger partial charge on any atom is -0.260 e. The van der Waals surface area contributed by atoms with Crippen molar-refractivity contribution in [3.8, 4) is 6.07 Å². The number of pyridine rings is 1. The maximum Gasteiger partial charge on any atom is 0.282 e. The van der Waals surface area contributed by atoms with Crippen molar-refractivity contribution in [3.63, 3.8) is 0 Å². The van der Waals surface area contributed by atoms with E-state index in [0.717, 1.165) is 12.8 Å². The Morgan fingerprint density at radius 3 is 2.95 bits per heavy atom. The lowest BCUT2D eigenvalue weighted by Crippen LogP contribution is -2.47. The van der Waals surface area contributed by atoms with Gasteiger partial charge in [0.25, 0.3) is 10.2 Å². The van der Waals surface area contributed by atoms with Crippen molar-refractivity contribution in [2.24, 2.45) is 5.92 Å². The van der Waals surface area contributed by atoms with E-state index < -0.39 is 10.2 Å². The van der Waals surface area contributed by atoms with E-state index in [9.17, 15) is 8.42 Å². The highest BCUT2D eigenvalue weighted by Gasteiger charge is 2.32. The number of piperidine rings is 1. The molecule has 1 aliphatic rings. The van der Waals surface area contributed by atoms with E-state index in [2.05, 4.69) is 11.9 Å². The van der Waals surface area contributed by atoms with E-state index in [1.165, 1.54) is 4.31 Å². The number of aromatic nitrogens is 1. The summed E-state index contributed by atoms with van der Waals surface area (Å²) in [7, 11) is -3.55. The van der Waals surface area contributed by atoms with Crippen molar-refractivity contribution in [2.45, 2.75) is 32.7 Å². The molecule has 0 radical (unpaired) electrons. The summed E-state index contributed by atoms with van der Waals surface area (Å²) in [6.07, 6.45) is 3.77. The number of hydrogen-bond acceptors (Lipinski definition) is 4. The first-order chi connectivity index (χ1) is 10.5. The van der Waals surface area contributed by atoms with Gasteiger partial charge in [-0.15, -0.1) is 0 Å². The zero-order chi connectivity index (χ0) is 16.0. The standard InChI is InChI=1S/C15H22N4O2S/c1-14-6-4-10-18(12-14)22(20,21)19(11-5-8-16)13-15-7-2-3-9-17-15/h2-3,7,9,14H,4-6,10-13H2,1H3/t14-/m1/s1. The number of nitriles is 1. The molecule has 0 aromatic carbocycles. The smallest absolute Gasteiger partial charge is 0.260 e. The van der Waals surface area contributed by atoms with Gasteiger partial charge in [0.05, 0.1) is 18.3 Å². The largest absolute Gasteiger partial charge is 0.282 e. The molecule has 2 rings (SSSR count). The molecule has 120 valence electrons. The van der Waals surface area contributed by atoms with Gasteiger partial charge in [-0.25, -0.2) is 0 Å². The fourth-order valence-electron chi connectivity index (χ4n) is 2.64. The topological polar surface area (TPSA) is 77.3 Å². The van der Waals surface area contributed by atoms with Crippen LogP contribution >= 0.6 is 0 Å². The van der Waals surface area contributed by atoms with Gasteiger partial charge in [-0.1, -0.05) is 13.0 Å². The van der Waals surface area contributed by atoms with Gasteiger partial charge in [-0.05, 0) is 30.9 Å². The average Bonchev–Trinajstić information content (AvgIpc) is 2.52. The maximum atomic E-state index is 12.9. The van der Waals surface area contributed by atoms with Gasteiger partial charge in [0.1, 0.15) is 0 Å². The molecule has 1 aromatic heterocycles. The second-order valence-corrected chi connectivity index (χ2v) is 7.60. The van der Waals surface area contributed by atoms with Crippen LogP contribution in [0, 0.1) is 17.2 Å². The molecule has 6 nitrogen and oxygen atoms in total. The van der Waals surface area contributed by atoms with E-state index >= 15 is 0 Å². The summed E-state index contributed by atoms with van der Waals surface area (Å²) >= 11 is 0. The Labute approximate surface area is 132 Å². The van der Waals surface area contributed by atoms with E-state index in [1.807, 2.05) is 12.1 Å². The highest BCUT2D eigenvalue weighted by atomic mass is 32.2. The van der Waals surface area contributed by atoms with Gasteiger partial charge in [0.2, 0.25) is 0 Å². The Hall–Kier alpha value is -1.49. The Kier molecular flexibility index (Phi) is 5.89. The van der Waals surface area contributed by atoms with E-state index in [4.69, 9.17) is 5.26 Å². The van der Waals surface area contributed by atoms with Crippen molar-refractivity contribution in [3.05, 3.63) is 30.1 Å². The highest BCUT2D eigenvalue weighted by Crippen LogP contribution is 2.21. The Morgan fingerprint density at radius 2 is 2.32 bits per heavy atom. The van der Waals surface area contributed by atoms with Gasteiger partial charge in [0, 0.05) is 32.3 Å². The van der Waals surface area contributed by atoms with Crippen LogP contribution in [-0.4, -0.2) is 41.6 Å². The van der Waals surface area contributed by atoms with Gasteiger partial charge in [-0.3, -0.25) is 4.98 Å². The number of rotatable bonds is 6. The highest BCUT2D eigenvalue weighted by molar-refractivity contribution is 7.86. The first-order valence-corrected chi connectivity index (χ1v) is 8.96. The monoisotopic (exact) mass is 322 g/mol. The molecular formula is C15H22N4O2S. The molecule has 0 saturated carbocycles. The quantitative estimate of drug-likeness (QED) is 0.800. The van der Waals surface area contributed by atoms with Crippen LogP contribution in [0.25, 0.3) is 0 Å². The molecule has 7 heteroatoms. The van der Waals surface area contributed by atoms with Crippen LogP contribution in [0.3, 0.4) is 0 Å². The second kappa shape index (κ2) is 7.68. The molecule has 1 aliphatic heterocycles. The molecule has 0 N–H and O–H groups in total. The molecule has 0 bridgehead atoms. The number of nitrogens with zero attached hydrogens (tertiary/aromatic N) is 4. The van der Waals surface area contributed by atoms with Crippen LogP contribution in [0.2, 0.25) is 0 Å². The summed E-state index contributed by atoms with van der Waals surface area (Å²) in [5.74, 6) is 0.371. The predicted molar refractivity (Wildman–Crippen MR) is 83.8 cm³/mol. The van der Waals surface area contributed by atoms with Crippen LogP contribution in [0.5, 0.6) is 0 Å². The predicted octanol–water partition coefficient (Wildman–Crippen LogP) is 1.77. The summed E-state index contributed by atoms with van der Waals surface area (Å²) in [6.45, 7) is 3.57. The molecule has 1 aromatic rings. The fourth-order valence-corrected chi connectivity index (χ4v) is 4.39. The van der Waals surface area contributed by atoms with Gasteiger partial charge in [0.15, 0.2) is 0 Å². The minimum atomic E-state index is -3.55. The minimum absolute atomic E-state index is 0.176. The first kappa shape index (κ1) is 16.9. The Balaban J connectivity index is 2.17. The van der Waals surface area contributed by atoms with Crippen molar-refractivity contribution in [1.29, 1.82) is 5.26 Å². The zero-order valence-corrected chi connectivity index (χ0v) is 13.7. The lowest BCUT2D eigenvalue weighted by Gasteiger charge is -2.34. The van der Waals surface area contributed by atoms with Crippen molar-refractivity contribution in [1.82, 2.24) is 13.6 Å². The van der Waals surface area contributed by atoms with Gasteiger partial charge in [-0.2, -0.15) is 22.3 Å². The third kappa shape index (κ3) is 4.26. The maximum absolute atomic E-state index is 12.9. The second-order valence-electron chi connectivity index (χ2n) is 5.68. The van der Waals surface area contributed by atoms with Crippen LogP contribution < -0.4 is 0 Å². The lowest BCUT2D eigenvalue weighted by atomic mass is 10.0. The summed E-state index contributed by atoms with van der Waals surface area (Å²) in [4.78, 5) is 4.19. The molecule has 1 fully saturated rings. The third-order valence-corrected chi connectivity index (χ3v) is 5.76. The zero-order valence-electron chi connectivity index (χ0n) is 12.9. The number of hydrogen-bond donors (Lipinski definition) is 0. The Morgan fingerprint density at radius 1 is 1.50 bits per heavy atom. The van der Waals surface area contributed by atoms with Crippen LogP contribution in [-0.2, 0) is 16.8 Å². The lowest BCUT2D eigenvalue weighted by molar-refractivity contribution is 0.256. The summed E-state index contributed by atoms with van der Waals surface area (Å²) < 4.78 is 28.6. The molecular weight excluding hydrogens is 300 g/mol. The first-order valence-electron chi connectivity index (χ1n) is 7.56. The third-order valence-electron chi connectivity index (χ3n) is 3.81. The molecule has 2 heterocycles. The Bertz CT molecular complexity index is 612. The van der Waals surface area contributed by atoms with Crippen LogP contribution in [0.4, 0.5) is 0 Å². The summed E-state index contributed by atoms with van der Waals surface area (Å²) in [6, 6.07) is 7.45. The normalized spacial score (nSPS) is 20.0. The molecule has 1 atom stereocenters. The van der Waals surface area contributed by atoms with Gasteiger partial charge >= 0.3 is 0 Å². The van der Waals surface area contributed by atoms with Crippen molar-refractivity contribution >= 4 is 10.2 Å². The van der Waals surface area contributed by atoms with Gasteiger partial charge < -0.3 is 0 Å². The van der Waals surface area contributed by atoms with E-state index in [1.54, 1.807) is 22.6 Å². The fraction of sp³-hybridized carbons (Fsp3) is 0.600. The molecule has 0 spiro atoms.